The lowest BCUT2D eigenvalue weighted by atomic mass is 10.1. The van der Waals surface area contributed by atoms with Gasteiger partial charge in [-0.25, -0.2) is 8.78 Å². The first-order chi connectivity index (χ1) is 8.59. The van der Waals surface area contributed by atoms with E-state index in [9.17, 15) is 13.6 Å². The van der Waals surface area contributed by atoms with Crippen LogP contribution >= 0.6 is 0 Å². The van der Waals surface area contributed by atoms with E-state index in [1.165, 1.54) is 12.1 Å². The number of benzene rings is 1. The molecule has 1 atom stereocenters. The molecule has 1 amide bonds. The zero-order valence-electron chi connectivity index (χ0n) is 10.2. The predicted molar refractivity (Wildman–Crippen MR) is 63.9 cm³/mol. The van der Waals surface area contributed by atoms with E-state index >= 15 is 0 Å². The number of rotatable bonds is 2. The van der Waals surface area contributed by atoms with Gasteiger partial charge in [0.1, 0.15) is 0 Å². The molecule has 0 saturated carbocycles. The highest BCUT2D eigenvalue weighted by molar-refractivity contribution is 5.81. The van der Waals surface area contributed by atoms with Gasteiger partial charge >= 0.3 is 0 Å². The number of carbonyl (C=O) groups is 1. The van der Waals surface area contributed by atoms with Crippen LogP contribution in [0.1, 0.15) is 18.9 Å². The summed E-state index contributed by atoms with van der Waals surface area (Å²) < 4.78 is 26.7. The van der Waals surface area contributed by atoms with Crippen LogP contribution in [0.15, 0.2) is 18.2 Å². The van der Waals surface area contributed by atoms with Gasteiger partial charge in [0.15, 0.2) is 11.6 Å². The SMILES string of the molecule is CC1NCCCN(Cc2cccc(F)c2F)C1=O. The maximum absolute atomic E-state index is 13.6. The second-order valence-corrected chi connectivity index (χ2v) is 4.50. The molecule has 98 valence electrons. The van der Waals surface area contributed by atoms with Gasteiger partial charge in [-0.15, -0.1) is 0 Å². The van der Waals surface area contributed by atoms with Crippen molar-refractivity contribution in [1.82, 2.24) is 10.2 Å². The number of amides is 1. The fraction of sp³-hybridized carbons (Fsp3) is 0.462. The normalized spacial score (nSPS) is 20.9. The third-order valence-corrected chi connectivity index (χ3v) is 3.13. The summed E-state index contributed by atoms with van der Waals surface area (Å²) in [5.74, 6) is -1.81. The summed E-state index contributed by atoms with van der Waals surface area (Å²) in [6.45, 7) is 3.22. The fourth-order valence-electron chi connectivity index (χ4n) is 2.09. The molecular formula is C13H16F2N2O. The molecule has 1 aliphatic heterocycles. The summed E-state index contributed by atoms with van der Waals surface area (Å²) in [6, 6.07) is 3.77. The number of nitrogens with zero attached hydrogens (tertiary/aromatic N) is 1. The van der Waals surface area contributed by atoms with Crippen LogP contribution in [-0.4, -0.2) is 29.9 Å². The molecule has 3 nitrogen and oxygen atoms in total. The Morgan fingerprint density at radius 3 is 3.00 bits per heavy atom. The first-order valence-electron chi connectivity index (χ1n) is 6.04. The minimum absolute atomic E-state index is 0.0730. The van der Waals surface area contributed by atoms with E-state index in [0.717, 1.165) is 19.0 Å². The molecule has 18 heavy (non-hydrogen) atoms. The summed E-state index contributed by atoms with van der Waals surface area (Å²) in [5, 5.41) is 3.08. The molecule has 1 aliphatic rings. The summed E-state index contributed by atoms with van der Waals surface area (Å²) in [4.78, 5) is 13.6. The highest BCUT2D eigenvalue weighted by Crippen LogP contribution is 2.15. The van der Waals surface area contributed by atoms with Gasteiger partial charge < -0.3 is 10.2 Å². The lowest BCUT2D eigenvalue weighted by molar-refractivity contribution is -0.132. The first kappa shape index (κ1) is 13.0. The van der Waals surface area contributed by atoms with Crippen molar-refractivity contribution in [3.8, 4) is 0 Å². The molecule has 1 unspecified atom stereocenters. The molecule has 1 fully saturated rings. The minimum Gasteiger partial charge on any atom is -0.337 e. The lowest BCUT2D eigenvalue weighted by Gasteiger charge is -2.23. The molecule has 0 bridgehead atoms. The fourth-order valence-corrected chi connectivity index (χ4v) is 2.09. The van der Waals surface area contributed by atoms with Crippen molar-refractivity contribution in [2.45, 2.75) is 25.9 Å². The summed E-state index contributed by atoms with van der Waals surface area (Å²) in [7, 11) is 0. The van der Waals surface area contributed by atoms with Crippen LogP contribution in [0, 0.1) is 11.6 Å². The second-order valence-electron chi connectivity index (χ2n) is 4.50. The Labute approximate surface area is 105 Å². The van der Waals surface area contributed by atoms with Gasteiger partial charge in [0.25, 0.3) is 0 Å². The van der Waals surface area contributed by atoms with E-state index in [0.29, 0.717) is 6.54 Å². The Morgan fingerprint density at radius 2 is 2.22 bits per heavy atom. The smallest absolute Gasteiger partial charge is 0.239 e. The average molecular weight is 254 g/mol. The van der Waals surface area contributed by atoms with Crippen molar-refractivity contribution in [3.63, 3.8) is 0 Å². The van der Waals surface area contributed by atoms with Crippen LogP contribution in [-0.2, 0) is 11.3 Å². The van der Waals surface area contributed by atoms with Gasteiger partial charge in [0.05, 0.1) is 6.04 Å². The standard InChI is InChI=1S/C13H16F2N2O/c1-9-13(18)17(7-3-6-16-9)8-10-4-2-5-11(14)12(10)15/h2,4-5,9,16H,3,6-8H2,1H3. The molecule has 5 heteroatoms. The van der Waals surface area contributed by atoms with E-state index < -0.39 is 11.6 Å². The zero-order chi connectivity index (χ0) is 13.1. The molecule has 0 radical (unpaired) electrons. The molecule has 1 N–H and O–H groups in total. The van der Waals surface area contributed by atoms with E-state index in [1.807, 2.05) is 0 Å². The molecule has 0 aliphatic carbocycles. The Balaban J connectivity index is 2.16. The Kier molecular flexibility index (Phi) is 3.91. The average Bonchev–Trinajstić information content (AvgIpc) is 2.50. The number of carbonyl (C=O) groups excluding carboxylic acids is 1. The minimum atomic E-state index is -0.874. The second kappa shape index (κ2) is 5.44. The maximum Gasteiger partial charge on any atom is 0.239 e. The summed E-state index contributed by atoms with van der Waals surface area (Å²) >= 11 is 0. The van der Waals surface area contributed by atoms with Crippen molar-refractivity contribution in [2.24, 2.45) is 0 Å². The number of hydrogen-bond donors (Lipinski definition) is 1. The van der Waals surface area contributed by atoms with Crippen LogP contribution in [0.3, 0.4) is 0 Å². The molecule has 1 aromatic carbocycles. The quantitative estimate of drug-likeness (QED) is 0.870. The lowest BCUT2D eigenvalue weighted by Crippen LogP contribution is -2.41. The van der Waals surface area contributed by atoms with Crippen molar-refractivity contribution >= 4 is 5.91 Å². The Morgan fingerprint density at radius 1 is 1.44 bits per heavy atom. The monoisotopic (exact) mass is 254 g/mol. The topological polar surface area (TPSA) is 32.3 Å². The summed E-state index contributed by atoms with van der Waals surface area (Å²) in [5.41, 5.74) is 0.220. The predicted octanol–water partition coefficient (Wildman–Crippen LogP) is 1.68. The van der Waals surface area contributed by atoms with Crippen molar-refractivity contribution in [1.29, 1.82) is 0 Å². The number of halogens is 2. The number of hydrogen-bond acceptors (Lipinski definition) is 2. The van der Waals surface area contributed by atoms with E-state index in [-0.39, 0.29) is 24.1 Å². The third kappa shape index (κ3) is 2.67. The Hall–Kier alpha value is -1.49. The van der Waals surface area contributed by atoms with Gasteiger partial charge in [-0.3, -0.25) is 4.79 Å². The molecule has 1 heterocycles. The largest absolute Gasteiger partial charge is 0.337 e. The third-order valence-electron chi connectivity index (χ3n) is 3.13. The first-order valence-corrected chi connectivity index (χ1v) is 6.04. The molecule has 1 saturated heterocycles. The van der Waals surface area contributed by atoms with Crippen molar-refractivity contribution in [2.75, 3.05) is 13.1 Å². The maximum atomic E-state index is 13.6. The highest BCUT2D eigenvalue weighted by Gasteiger charge is 2.24. The Bertz CT molecular complexity index is 451. The van der Waals surface area contributed by atoms with Gasteiger partial charge in [0.2, 0.25) is 5.91 Å². The van der Waals surface area contributed by atoms with Crippen LogP contribution < -0.4 is 5.32 Å². The molecular weight excluding hydrogens is 238 g/mol. The summed E-state index contributed by atoms with van der Waals surface area (Å²) in [6.07, 6.45) is 0.813. The van der Waals surface area contributed by atoms with Gasteiger partial charge in [-0.2, -0.15) is 0 Å². The van der Waals surface area contributed by atoms with Crippen LogP contribution in [0.2, 0.25) is 0 Å². The molecule has 2 rings (SSSR count). The highest BCUT2D eigenvalue weighted by atomic mass is 19.2. The van der Waals surface area contributed by atoms with Crippen molar-refractivity contribution < 1.29 is 13.6 Å². The van der Waals surface area contributed by atoms with Crippen LogP contribution in [0.4, 0.5) is 8.78 Å². The van der Waals surface area contributed by atoms with E-state index in [4.69, 9.17) is 0 Å². The van der Waals surface area contributed by atoms with Gasteiger partial charge in [0, 0.05) is 18.7 Å². The van der Waals surface area contributed by atoms with Gasteiger partial charge in [-0.05, 0) is 26.0 Å². The van der Waals surface area contributed by atoms with Gasteiger partial charge in [-0.1, -0.05) is 12.1 Å². The van der Waals surface area contributed by atoms with Crippen molar-refractivity contribution in [3.05, 3.63) is 35.4 Å². The van der Waals surface area contributed by atoms with E-state index in [2.05, 4.69) is 5.32 Å². The molecule has 0 spiro atoms. The van der Waals surface area contributed by atoms with E-state index in [1.54, 1.807) is 11.8 Å². The van der Waals surface area contributed by atoms with Crippen LogP contribution in [0.5, 0.6) is 0 Å². The zero-order valence-corrected chi connectivity index (χ0v) is 10.2. The number of nitrogens with one attached hydrogen (secondary N) is 1. The van der Waals surface area contributed by atoms with Crippen LogP contribution in [0.25, 0.3) is 0 Å². The molecule has 1 aromatic rings. The molecule has 0 aromatic heterocycles.